The van der Waals surface area contributed by atoms with Crippen molar-refractivity contribution in [2.75, 3.05) is 32.6 Å². The Balaban J connectivity index is 1.63. The summed E-state index contributed by atoms with van der Waals surface area (Å²) in [5.41, 5.74) is 2.34. The summed E-state index contributed by atoms with van der Waals surface area (Å²) in [4.78, 5) is 4.24. The van der Waals surface area contributed by atoms with Gasteiger partial charge in [0, 0.05) is 32.4 Å². The summed E-state index contributed by atoms with van der Waals surface area (Å²) in [6.07, 6.45) is 1.01. The molecular formula is C19H26N4O. The normalized spacial score (nSPS) is 11.0. The Hall–Kier alpha value is -2.69. The second kappa shape index (κ2) is 10.2. The monoisotopic (exact) mass is 326 g/mol. The number of aliphatic imine (C=N–C) groups is 1. The van der Waals surface area contributed by atoms with Crippen LogP contribution in [-0.2, 0) is 6.54 Å². The van der Waals surface area contributed by atoms with E-state index in [-0.39, 0.29) is 0 Å². The highest BCUT2D eigenvalue weighted by atomic mass is 16.5. The molecule has 5 nitrogen and oxygen atoms in total. The van der Waals surface area contributed by atoms with Crippen molar-refractivity contribution in [3.63, 3.8) is 0 Å². The third-order valence-electron chi connectivity index (χ3n) is 3.59. The van der Waals surface area contributed by atoms with Crippen molar-refractivity contribution in [1.82, 2.24) is 10.6 Å². The van der Waals surface area contributed by atoms with Crippen LogP contribution in [0.1, 0.15) is 12.0 Å². The fraction of sp³-hybridized carbons (Fsp3) is 0.316. The summed E-state index contributed by atoms with van der Waals surface area (Å²) in [7, 11) is 3.46. The Bertz CT molecular complexity index is 611. The van der Waals surface area contributed by atoms with E-state index in [1.165, 1.54) is 5.56 Å². The van der Waals surface area contributed by atoms with Crippen molar-refractivity contribution in [2.45, 2.75) is 13.0 Å². The highest BCUT2D eigenvalue weighted by Gasteiger charge is 1.99. The molecule has 0 aliphatic heterocycles. The zero-order chi connectivity index (χ0) is 17.0. The van der Waals surface area contributed by atoms with Crippen molar-refractivity contribution < 1.29 is 4.74 Å². The van der Waals surface area contributed by atoms with Crippen molar-refractivity contribution in [3.05, 3.63) is 60.2 Å². The van der Waals surface area contributed by atoms with Crippen molar-refractivity contribution in [1.29, 1.82) is 0 Å². The van der Waals surface area contributed by atoms with Crippen LogP contribution in [0.2, 0.25) is 0 Å². The smallest absolute Gasteiger partial charge is 0.191 e. The number of guanidine groups is 1. The van der Waals surface area contributed by atoms with Gasteiger partial charge in [0.1, 0.15) is 5.75 Å². The number of ether oxygens (including phenoxy) is 1. The van der Waals surface area contributed by atoms with Gasteiger partial charge in [-0.05, 0) is 36.2 Å². The Morgan fingerprint density at radius 1 is 0.958 bits per heavy atom. The lowest BCUT2D eigenvalue weighted by Crippen LogP contribution is -2.37. The molecule has 0 aromatic heterocycles. The zero-order valence-corrected chi connectivity index (χ0v) is 14.4. The molecule has 2 aromatic rings. The Morgan fingerprint density at radius 2 is 1.71 bits per heavy atom. The van der Waals surface area contributed by atoms with Crippen molar-refractivity contribution in [3.8, 4) is 5.75 Å². The molecule has 0 heterocycles. The fourth-order valence-corrected chi connectivity index (χ4v) is 2.23. The molecule has 5 heteroatoms. The third kappa shape index (κ3) is 6.20. The van der Waals surface area contributed by atoms with E-state index in [0.29, 0.717) is 0 Å². The SMILES string of the molecule is CN=C(NCCCNc1ccccc1)NCc1ccc(OC)cc1. The van der Waals surface area contributed by atoms with E-state index in [4.69, 9.17) is 4.74 Å². The van der Waals surface area contributed by atoms with Gasteiger partial charge >= 0.3 is 0 Å². The second-order valence-electron chi connectivity index (χ2n) is 5.35. The van der Waals surface area contributed by atoms with Crippen LogP contribution >= 0.6 is 0 Å². The van der Waals surface area contributed by atoms with Crippen LogP contribution in [0.25, 0.3) is 0 Å². The number of anilines is 1. The standard InChI is InChI=1S/C19H26N4O/c1-20-19(23-15-16-9-11-18(24-2)12-10-16)22-14-6-13-21-17-7-4-3-5-8-17/h3-5,7-12,21H,6,13-15H2,1-2H3,(H2,20,22,23). The molecule has 3 N–H and O–H groups in total. The molecule has 0 radical (unpaired) electrons. The number of benzene rings is 2. The van der Waals surface area contributed by atoms with Gasteiger partial charge < -0.3 is 20.7 Å². The van der Waals surface area contributed by atoms with Gasteiger partial charge in [-0.25, -0.2) is 0 Å². The molecule has 24 heavy (non-hydrogen) atoms. The highest BCUT2D eigenvalue weighted by Crippen LogP contribution is 2.10. The molecule has 0 spiro atoms. The molecule has 0 saturated carbocycles. The minimum absolute atomic E-state index is 0.728. The van der Waals surface area contributed by atoms with E-state index in [1.54, 1.807) is 14.2 Å². The van der Waals surface area contributed by atoms with Crippen LogP contribution in [0.3, 0.4) is 0 Å². The molecule has 0 bridgehead atoms. The number of nitrogens with one attached hydrogen (secondary N) is 3. The van der Waals surface area contributed by atoms with Crippen LogP contribution in [0.15, 0.2) is 59.6 Å². The summed E-state index contributed by atoms with van der Waals surface area (Å²) >= 11 is 0. The van der Waals surface area contributed by atoms with Crippen molar-refractivity contribution >= 4 is 11.6 Å². The first-order chi connectivity index (χ1) is 11.8. The lowest BCUT2D eigenvalue weighted by molar-refractivity contribution is 0.414. The van der Waals surface area contributed by atoms with Gasteiger partial charge in [0.25, 0.3) is 0 Å². The highest BCUT2D eigenvalue weighted by molar-refractivity contribution is 5.79. The van der Waals surface area contributed by atoms with Crippen molar-refractivity contribution in [2.24, 2.45) is 4.99 Å². The summed E-state index contributed by atoms with van der Waals surface area (Å²) in [5.74, 6) is 1.68. The predicted molar refractivity (Wildman–Crippen MR) is 101 cm³/mol. The number of hydrogen-bond acceptors (Lipinski definition) is 3. The third-order valence-corrected chi connectivity index (χ3v) is 3.59. The summed E-state index contributed by atoms with van der Waals surface area (Å²) in [6, 6.07) is 18.2. The number of para-hydroxylation sites is 1. The fourth-order valence-electron chi connectivity index (χ4n) is 2.23. The molecule has 0 atom stereocenters. The maximum absolute atomic E-state index is 5.16. The van der Waals surface area contributed by atoms with E-state index < -0.39 is 0 Å². The number of rotatable bonds is 8. The predicted octanol–water partition coefficient (Wildman–Crippen LogP) is 2.86. The van der Waals surface area contributed by atoms with Crippen LogP contribution in [0, 0.1) is 0 Å². The first kappa shape index (κ1) is 17.7. The Kier molecular flexibility index (Phi) is 7.47. The van der Waals surface area contributed by atoms with Crippen LogP contribution in [0.4, 0.5) is 5.69 Å². The summed E-state index contributed by atoms with van der Waals surface area (Å²) in [5, 5.41) is 10.0. The van der Waals surface area contributed by atoms with E-state index >= 15 is 0 Å². The zero-order valence-electron chi connectivity index (χ0n) is 14.4. The van der Waals surface area contributed by atoms with Gasteiger partial charge in [-0.2, -0.15) is 0 Å². The summed E-state index contributed by atoms with van der Waals surface area (Å²) in [6.45, 7) is 2.51. The Labute approximate surface area is 144 Å². The average molecular weight is 326 g/mol. The molecule has 128 valence electrons. The van der Waals surface area contributed by atoms with Gasteiger partial charge in [-0.15, -0.1) is 0 Å². The van der Waals surface area contributed by atoms with Gasteiger partial charge in [0.15, 0.2) is 5.96 Å². The molecular weight excluding hydrogens is 300 g/mol. The second-order valence-corrected chi connectivity index (χ2v) is 5.35. The molecule has 0 aliphatic carbocycles. The van der Waals surface area contributed by atoms with Gasteiger partial charge in [-0.3, -0.25) is 4.99 Å². The quantitative estimate of drug-likeness (QED) is 0.397. The first-order valence-corrected chi connectivity index (χ1v) is 8.18. The van der Waals surface area contributed by atoms with Crippen LogP contribution < -0.4 is 20.7 Å². The van der Waals surface area contributed by atoms with Gasteiger partial charge in [0.05, 0.1) is 7.11 Å². The minimum atomic E-state index is 0.728. The largest absolute Gasteiger partial charge is 0.497 e. The van der Waals surface area contributed by atoms with E-state index in [2.05, 4.69) is 33.1 Å². The van der Waals surface area contributed by atoms with E-state index in [0.717, 1.165) is 43.5 Å². The molecule has 0 amide bonds. The number of methoxy groups -OCH3 is 1. The van der Waals surface area contributed by atoms with E-state index in [1.807, 2.05) is 42.5 Å². The van der Waals surface area contributed by atoms with Gasteiger partial charge in [0.2, 0.25) is 0 Å². The number of nitrogens with zero attached hydrogens (tertiary/aromatic N) is 1. The maximum Gasteiger partial charge on any atom is 0.191 e. The van der Waals surface area contributed by atoms with Crippen LogP contribution in [-0.4, -0.2) is 33.2 Å². The lowest BCUT2D eigenvalue weighted by Gasteiger charge is -2.12. The number of hydrogen-bond donors (Lipinski definition) is 3. The molecule has 0 aliphatic rings. The first-order valence-electron chi connectivity index (χ1n) is 8.18. The summed E-state index contributed by atoms with van der Waals surface area (Å²) < 4.78 is 5.16. The average Bonchev–Trinajstić information content (AvgIpc) is 2.65. The Morgan fingerprint density at radius 3 is 2.38 bits per heavy atom. The van der Waals surface area contributed by atoms with E-state index in [9.17, 15) is 0 Å². The molecule has 0 saturated heterocycles. The van der Waals surface area contributed by atoms with Crippen LogP contribution in [0.5, 0.6) is 5.75 Å². The lowest BCUT2D eigenvalue weighted by atomic mass is 10.2. The topological polar surface area (TPSA) is 57.7 Å². The minimum Gasteiger partial charge on any atom is -0.497 e. The molecule has 0 unspecified atom stereocenters. The molecule has 0 fully saturated rings. The van der Waals surface area contributed by atoms with Gasteiger partial charge in [-0.1, -0.05) is 30.3 Å². The molecule has 2 aromatic carbocycles. The molecule has 2 rings (SSSR count). The maximum atomic E-state index is 5.16.